The molecule has 1 heterocycles. The van der Waals surface area contributed by atoms with E-state index in [9.17, 15) is 13.5 Å². The Labute approximate surface area is 112 Å². The van der Waals surface area contributed by atoms with Crippen molar-refractivity contribution in [2.75, 3.05) is 17.3 Å². The van der Waals surface area contributed by atoms with Crippen LogP contribution in [0.2, 0.25) is 0 Å². The van der Waals surface area contributed by atoms with Crippen molar-refractivity contribution >= 4 is 26.4 Å². The van der Waals surface area contributed by atoms with Crippen molar-refractivity contribution in [2.24, 2.45) is 0 Å². The van der Waals surface area contributed by atoms with Gasteiger partial charge in [0.15, 0.2) is 0 Å². The van der Waals surface area contributed by atoms with Crippen LogP contribution in [-0.2, 0) is 9.84 Å². The molecule has 6 heteroatoms. The first-order valence-corrected chi connectivity index (χ1v) is 7.93. The molecule has 1 aromatic heterocycles. The molecule has 0 radical (unpaired) electrons. The Balaban J connectivity index is 2.32. The third-order valence-corrected chi connectivity index (χ3v) is 3.79. The van der Waals surface area contributed by atoms with Gasteiger partial charge < -0.3 is 10.4 Å². The summed E-state index contributed by atoms with van der Waals surface area (Å²) in [7, 11) is -3.04. The number of rotatable bonds is 4. The van der Waals surface area contributed by atoms with Gasteiger partial charge in [-0.15, -0.1) is 0 Å². The molecule has 0 aliphatic heterocycles. The second-order valence-corrected chi connectivity index (χ2v) is 6.89. The molecule has 1 atom stereocenters. The van der Waals surface area contributed by atoms with E-state index in [0.29, 0.717) is 5.82 Å². The van der Waals surface area contributed by atoms with E-state index < -0.39 is 9.84 Å². The highest BCUT2D eigenvalue weighted by Gasteiger charge is 2.12. The number of anilines is 1. The zero-order valence-electron chi connectivity index (χ0n) is 10.8. The predicted molar refractivity (Wildman–Crippen MR) is 76.2 cm³/mol. The highest BCUT2D eigenvalue weighted by atomic mass is 32.2. The summed E-state index contributed by atoms with van der Waals surface area (Å²) in [6.45, 7) is 1.78. The monoisotopic (exact) mass is 280 g/mol. The summed E-state index contributed by atoms with van der Waals surface area (Å²) < 4.78 is 22.5. The lowest BCUT2D eigenvalue weighted by atomic mass is 10.1. The van der Waals surface area contributed by atoms with Crippen molar-refractivity contribution in [1.29, 1.82) is 0 Å². The molecule has 0 amide bonds. The molecule has 2 N–H and O–H groups in total. The highest BCUT2D eigenvalue weighted by Crippen LogP contribution is 2.25. The lowest BCUT2D eigenvalue weighted by Gasteiger charge is -2.15. The maximum atomic E-state index is 11.2. The van der Waals surface area contributed by atoms with Crippen LogP contribution in [0.3, 0.4) is 0 Å². The third-order valence-electron chi connectivity index (χ3n) is 2.69. The minimum Gasteiger partial charge on any atom is -0.508 e. The number of benzene rings is 1. The molecule has 0 spiro atoms. The zero-order chi connectivity index (χ0) is 14.0. The molecule has 2 aromatic rings. The molecule has 1 aromatic carbocycles. The van der Waals surface area contributed by atoms with Crippen LogP contribution >= 0.6 is 0 Å². The minimum atomic E-state index is -3.04. The second-order valence-electron chi connectivity index (χ2n) is 4.70. The number of hydrogen-bond donors (Lipinski definition) is 2. The quantitative estimate of drug-likeness (QED) is 0.892. The number of aromatic hydroxyl groups is 1. The second kappa shape index (κ2) is 5.05. The van der Waals surface area contributed by atoms with Crippen molar-refractivity contribution in [2.45, 2.75) is 13.0 Å². The molecule has 5 nitrogen and oxygen atoms in total. The summed E-state index contributed by atoms with van der Waals surface area (Å²) in [6, 6.07) is 6.58. The summed E-state index contributed by atoms with van der Waals surface area (Å²) in [5, 5.41) is 14.3. The average molecular weight is 280 g/mol. The highest BCUT2D eigenvalue weighted by molar-refractivity contribution is 7.90. The lowest BCUT2D eigenvalue weighted by Crippen LogP contribution is -2.25. The van der Waals surface area contributed by atoms with E-state index >= 15 is 0 Å². The summed E-state index contributed by atoms with van der Waals surface area (Å²) in [6.07, 6.45) is 2.85. The summed E-state index contributed by atoms with van der Waals surface area (Å²) >= 11 is 0. The molecule has 0 bridgehead atoms. The topological polar surface area (TPSA) is 79.3 Å². The van der Waals surface area contributed by atoms with E-state index in [2.05, 4.69) is 10.3 Å². The molecule has 0 saturated carbocycles. The minimum absolute atomic E-state index is 0.0316. The van der Waals surface area contributed by atoms with Gasteiger partial charge in [-0.3, -0.25) is 0 Å². The van der Waals surface area contributed by atoms with Crippen LogP contribution in [0.5, 0.6) is 5.75 Å². The Bertz CT molecular complexity index is 698. The maximum Gasteiger partial charge on any atom is 0.149 e. The molecule has 0 fully saturated rings. The van der Waals surface area contributed by atoms with Gasteiger partial charge in [0.1, 0.15) is 21.4 Å². The molecule has 1 unspecified atom stereocenters. The Morgan fingerprint density at radius 1 is 1.37 bits per heavy atom. The van der Waals surface area contributed by atoms with Gasteiger partial charge in [0, 0.05) is 23.9 Å². The fourth-order valence-corrected chi connectivity index (χ4v) is 2.99. The van der Waals surface area contributed by atoms with Crippen molar-refractivity contribution < 1.29 is 13.5 Å². The molecule has 2 rings (SSSR count). The van der Waals surface area contributed by atoms with E-state index in [1.807, 2.05) is 6.07 Å². The standard InChI is InChI=1S/C13H16N2O3S/c1-9(8-19(2,17)18)15-13-12-7-11(16)4-3-10(12)5-6-14-13/h3-7,9,16H,8H2,1-2H3,(H,14,15). The maximum absolute atomic E-state index is 11.2. The Kier molecular flexibility index (Phi) is 3.61. The first-order valence-electron chi connectivity index (χ1n) is 5.87. The average Bonchev–Trinajstić information content (AvgIpc) is 2.27. The summed E-state index contributed by atoms with van der Waals surface area (Å²) in [4.78, 5) is 4.20. The molecular weight excluding hydrogens is 264 g/mol. The van der Waals surface area contributed by atoms with Crippen LogP contribution in [0, 0.1) is 0 Å². The van der Waals surface area contributed by atoms with Crippen LogP contribution in [0.25, 0.3) is 10.8 Å². The number of pyridine rings is 1. The van der Waals surface area contributed by atoms with Crippen LogP contribution in [0.15, 0.2) is 30.5 Å². The largest absolute Gasteiger partial charge is 0.508 e. The van der Waals surface area contributed by atoms with Gasteiger partial charge in [0.05, 0.1) is 5.75 Å². The third kappa shape index (κ3) is 3.57. The van der Waals surface area contributed by atoms with Crippen molar-refractivity contribution in [3.63, 3.8) is 0 Å². The van der Waals surface area contributed by atoms with E-state index in [1.165, 1.54) is 6.26 Å². The molecule has 0 saturated heterocycles. The Morgan fingerprint density at radius 2 is 2.11 bits per heavy atom. The van der Waals surface area contributed by atoms with Gasteiger partial charge in [-0.25, -0.2) is 13.4 Å². The van der Waals surface area contributed by atoms with E-state index in [1.54, 1.807) is 31.3 Å². The van der Waals surface area contributed by atoms with Gasteiger partial charge >= 0.3 is 0 Å². The van der Waals surface area contributed by atoms with Crippen LogP contribution in [0.1, 0.15) is 6.92 Å². The molecule has 0 aliphatic rings. The number of sulfone groups is 1. The van der Waals surface area contributed by atoms with Gasteiger partial charge in [0.2, 0.25) is 0 Å². The van der Waals surface area contributed by atoms with Gasteiger partial charge in [-0.05, 0) is 30.5 Å². The number of fused-ring (bicyclic) bond motifs is 1. The van der Waals surface area contributed by atoms with E-state index in [-0.39, 0.29) is 17.5 Å². The number of hydrogen-bond acceptors (Lipinski definition) is 5. The summed E-state index contributed by atoms with van der Waals surface area (Å²) in [5.74, 6) is 0.757. The van der Waals surface area contributed by atoms with Gasteiger partial charge in [-0.1, -0.05) is 6.07 Å². The van der Waals surface area contributed by atoms with Gasteiger partial charge in [0.25, 0.3) is 0 Å². The number of aromatic nitrogens is 1. The zero-order valence-corrected chi connectivity index (χ0v) is 11.6. The fourth-order valence-electron chi connectivity index (χ4n) is 2.00. The van der Waals surface area contributed by atoms with Crippen LogP contribution in [-0.4, -0.2) is 36.6 Å². The SMILES string of the molecule is CC(CS(C)(=O)=O)Nc1nccc2ccc(O)cc12. The first kappa shape index (κ1) is 13.6. The molecule has 19 heavy (non-hydrogen) atoms. The Hall–Kier alpha value is -1.82. The van der Waals surface area contributed by atoms with Crippen molar-refractivity contribution in [3.8, 4) is 5.75 Å². The van der Waals surface area contributed by atoms with E-state index in [4.69, 9.17) is 0 Å². The summed E-state index contributed by atoms with van der Waals surface area (Å²) in [5.41, 5.74) is 0. The van der Waals surface area contributed by atoms with E-state index in [0.717, 1.165) is 10.8 Å². The first-order chi connectivity index (χ1) is 8.85. The fraction of sp³-hybridized carbons (Fsp3) is 0.308. The number of phenolic OH excluding ortho intramolecular Hbond substituents is 1. The van der Waals surface area contributed by atoms with Crippen LogP contribution in [0.4, 0.5) is 5.82 Å². The molecular formula is C13H16N2O3S. The molecule has 0 aliphatic carbocycles. The lowest BCUT2D eigenvalue weighted by molar-refractivity contribution is 0.476. The number of nitrogens with zero attached hydrogens (tertiary/aromatic N) is 1. The van der Waals surface area contributed by atoms with Gasteiger partial charge in [-0.2, -0.15) is 0 Å². The Morgan fingerprint density at radius 3 is 2.79 bits per heavy atom. The van der Waals surface area contributed by atoms with Crippen molar-refractivity contribution in [1.82, 2.24) is 4.98 Å². The van der Waals surface area contributed by atoms with Crippen molar-refractivity contribution in [3.05, 3.63) is 30.5 Å². The number of phenols is 1. The normalized spacial score (nSPS) is 13.4. The molecule has 102 valence electrons. The smallest absolute Gasteiger partial charge is 0.149 e. The predicted octanol–water partition coefficient (Wildman–Crippen LogP) is 1.79. The number of nitrogens with one attached hydrogen (secondary N) is 1. The van der Waals surface area contributed by atoms with Crippen LogP contribution < -0.4 is 5.32 Å².